The Balaban J connectivity index is 2.23. The fraction of sp³-hybridized carbons (Fsp3) is 0.700. The second-order valence-corrected chi connectivity index (χ2v) is 5.75. The van der Waals surface area contributed by atoms with Crippen molar-refractivity contribution < 1.29 is 0 Å². The van der Waals surface area contributed by atoms with Crippen LogP contribution < -0.4 is 5.73 Å². The zero-order valence-corrected chi connectivity index (χ0v) is 9.55. The molecule has 3 nitrogen and oxygen atoms in total. The largest absolute Gasteiger partial charge is 0.322 e. The first kappa shape index (κ1) is 10.1. The topological polar surface area (TPSA) is 43.8 Å². The van der Waals surface area contributed by atoms with Crippen molar-refractivity contribution in [3.05, 3.63) is 18.0 Å². The second kappa shape index (κ2) is 3.59. The van der Waals surface area contributed by atoms with Crippen LogP contribution in [0.1, 0.15) is 31.5 Å². The van der Waals surface area contributed by atoms with Crippen molar-refractivity contribution in [3.63, 3.8) is 0 Å². The van der Waals surface area contributed by atoms with E-state index in [1.54, 1.807) is 0 Å². The number of rotatable bonds is 2. The van der Waals surface area contributed by atoms with Gasteiger partial charge in [-0.3, -0.25) is 4.68 Å². The molecule has 2 unspecified atom stereocenters. The van der Waals surface area contributed by atoms with E-state index in [0.717, 1.165) is 5.69 Å². The third kappa shape index (κ3) is 1.57. The number of nitrogens with two attached hydrogens (primary N) is 1. The molecule has 1 aliphatic heterocycles. The quantitative estimate of drug-likeness (QED) is 0.810. The van der Waals surface area contributed by atoms with E-state index in [4.69, 9.17) is 5.73 Å². The highest BCUT2D eigenvalue weighted by Crippen LogP contribution is 2.45. The van der Waals surface area contributed by atoms with Gasteiger partial charge in [-0.25, -0.2) is 0 Å². The van der Waals surface area contributed by atoms with Gasteiger partial charge in [-0.1, -0.05) is 0 Å². The molecule has 1 fully saturated rings. The van der Waals surface area contributed by atoms with Gasteiger partial charge in [0.2, 0.25) is 0 Å². The number of aryl methyl sites for hydroxylation is 1. The van der Waals surface area contributed by atoms with Crippen molar-refractivity contribution in [1.29, 1.82) is 0 Å². The molecule has 78 valence electrons. The predicted molar refractivity (Wildman–Crippen MR) is 60.2 cm³/mol. The van der Waals surface area contributed by atoms with E-state index in [-0.39, 0.29) is 10.8 Å². The number of hydrogen-bond acceptors (Lipinski definition) is 3. The molecule has 0 spiro atoms. The maximum absolute atomic E-state index is 6.30. The molecule has 0 amide bonds. The molecule has 14 heavy (non-hydrogen) atoms. The van der Waals surface area contributed by atoms with Crippen LogP contribution in [0.15, 0.2) is 12.3 Å². The van der Waals surface area contributed by atoms with Gasteiger partial charge in [0.25, 0.3) is 0 Å². The van der Waals surface area contributed by atoms with Crippen LogP contribution in [-0.2, 0) is 7.05 Å². The summed E-state index contributed by atoms with van der Waals surface area (Å²) in [7, 11) is 1.96. The van der Waals surface area contributed by atoms with Gasteiger partial charge in [0, 0.05) is 18.0 Å². The Morgan fingerprint density at radius 1 is 1.71 bits per heavy atom. The number of nitrogens with zero attached hydrogens (tertiary/aromatic N) is 2. The summed E-state index contributed by atoms with van der Waals surface area (Å²) in [6.45, 7) is 2.27. The first-order valence-electron chi connectivity index (χ1n) is 5.01. The molecule has 0 aromatic carbocycles. The molecule has 1 aromatic rings. The van der Waals surface area contributed by atoms with Gasteiger partial charge in [0.05, 0.1) is 11.7 Å². The number of hydrogen-bond donors (Lipinski definition) is 1. The summed E-state index contributed by atoms with van der Waals surface area (Å²) in [5, 5.41) is 4.17. The fourth-order valence-electron chi connectivity index (χ4n) is 2.05. The van der Waals surface area contributed by atoms with Crippen LogP contribution in [0.5, 0.6) is 0 Å². The molecule has 1 saturated heterocycles. The molecule has 1 aliphatic rings. The van der Waals surface area contributed by atoms with Crippen LogP contribution in [0.4, 0.5) is 0 Å². The predicted octanol–water partition coefficient (Wildman–Crippen LogP) is 1.71. The Bertz CT molecular complexity index is 315. The van der Waals surface area contributed by atoms with E-state index in [1.807, 2.05) is 35.8 Å². The van der Waals surface area contributed by atoms with Crippen molar-refractivity contribution in [1.82, 2.24) is 9.78 Å². The monoisotopic (exact) mass is 211 g/mol. The van der Waals surface area contributed by atoms with Gasteiger partial charge in [0.15, 0.2) is 0 Å². The van der Waals surface area contributed by atoms with E-state index in [0.29, 0.717) is 0 Å². The van der Waals surface area contributed by atoms with Gasteiger partial charge in [-0.15, -0.1) is 0 Å². The SMILES string of the molecule is Cn1nccc1C(N)C1(C)CCCS1. The lowest BCUT2D eigenvalue weighted by Crippen LogP contribution is -2.34. The first-order valence-corrected chi connectivity index (χ1v) is 5.99. The summed E-state index contributed by atoms with van der Waals surface area (Å²) in [6, 6.07) is 2.12. The smallest absolute Gasteiger partial charge is 0.0613 e. The van der Waals surface area contributed by atoms with Crippen molar-refractivity contribution in [2.24, 2.45) is 12.8 Å². The average Bonchev–Trinajstić information content (AvgIpc) is 2.74. The molecular weight excluding hydrogens is 194 g/mol. The standard InChI is InChI=1S/C10H17N3S/c1-10(5-3-7-14-10)9(11)8-4-6-12-13(8)2/h4,6,9H,3,5,7,11H2,1-2H3. The Morgan fingerprint density at radius 3 is 3.00 bits per heavy atom. The van der Waals surface area contributed by atoms with E-state index in [9.17, 15) is 0 Å². The Hall–Kier alpha value is -0.480. The number of thioether (sulfide) groups is 1. The summed E-state index contributed by atoms with van der Waals surface area (Å²) < 4.78 is 2.09. The molecule has 2 N–H and O–H groups in total. The highest BCUT2D eigenvalue weighted by atomic mass is 32.2. The molecule has 2 heterocycles. The zero-order valence-electron chi connectivity index (χ0n) is 8.73. The first-order chi connectivity index (χ1) is 6.63. The van der Waals surface area contributed by atoms with Gasteiger partial charge in [-0.2, -0.15) is 16.9 Å². The normalized spacial score (nSPS) is 29.4. The van der Waals surface area contributed by atoms with Crippen molar-refractivity contribution >= 4 is 11.8 Å². The lowest BCUT2D eigenvalue weighted by atomic mass is 9.94. The van der Waals surface area contributed by atoms with Gasteiger partial charge >= 0.3 is 0 Å². The Morgan fingerprint density at radius 2 is 2.50 bits per heavy atom. The summed E-state index contributed by atoms with van der Waals surface area (Å²) in [5.74, 6) is 1.24. The van der Waals surface area contributed by atoms with Gasteiger partial charge < -0.3 is 5.73 Å². The second-order valence-electron chi connectivity index (χ2n) is 4.12. The van der Waals surface area contributed by atoms with E-state index < -0.39 is 0 Å². The zero-order chi connectivity index (χ0) is 10.2. The summed E-state index contributed by atoms with van der Waals surface area (Å²) in [6.07, 6.45) is 4.31. The maximum Gasteiger partial charge on any atom is 0.0613 e. The van der Waals surface area contributed by atoms with Crippen molar-refractivity contribution in [3.8, 4) is 0 Å². The Labute approximate surface area is 89.1 Å². The molecule has 0 saturated carbocycles. The van der Waals surface area contributed by atoms with Crippen LogP contribution in [0.2, 0.25) is 0 Å². The molecule has 0 radical (unpaired) electrons. The molecular formula is C10H17N3S. The van der Waals surface area contributed by atoms with E-state index in [2.05, 4.69) is 12.0 Å². The molecule has 0 bridgehead atoms. The average molecular weight is 211 g/mol. The molecule has 0 aliphatic carbocycles. The molecule has 2 atom stereocenters. The molecule has 4 heteroatoms. The number of aromatic nitrogens is 2. The maximum atomic E-state index is 6.30. The third-order valence-electron chi connectivity index (χ3n) is 3.08. The highest BCUT2D eigenvalue weighted by Gasteiger charge is 2.37. The fourth-order valence-corrected chi connectivity index (χ4v) is 3.39. The summed E-state index contributed by atoms with van der Waals surface area (Å²) in [4.78, 5) is 0. The molecule has 1 aromatic heterocycles. The van der Waals surface area contributed by atoms with Gasteiger partial charge in [0.1, 0.15) is 0 Å². The lowest BCUT2D eigenvalue weighted by Gasteiger charge is -2.30. The van der Waals surface area contributed by atoms with Crippen LogP contribution >= 0.6 is 11.8 Å². The minimum Gasteiger partial charge on any atom is -0.322 e. The summed E-state index contributed by atoms with van der Waals surface area (Å²) in [5.41, 5.74) is 7.44. The van der Waals surface area contributed by atoms with Crippen molar-refractivity contribution in [2.45, 2.75) is 30.6 Å². The van der Waals surface area contributed by atoms with Crippen LogP contribution in [0.25, 0.3) is 0 Å². The van der Waals surface area contributed by atoms with Crippen molar-refractivity contribution in [2.75, 3.05) is 5.75 Å². The lowest BCUT2D eigenvalue weighted by molar-refractivity contribution is 0.474. The van der Waals surface area contributed by atoms with Crippen LogP contribution in [0.3, 0.4) is 0 Å². The van der Waals surface area contributed by atoms with Gasteiger partial charge in [-0.05, 0) is 31.6 Å². The third-order valence-corrected chi connectivity index (χ3v) is 4.69. The van der Waals surface area contributed by atoms with Crippen LogP contribution in [0, 0.1) is 0 Å². The minimum atomic E-state index is 0.0995. The Kier molecular flexibility index (Phi) is 2.58. The molecule has 2 rings (SSSR count). The van der Waals surface area contributed by atoms with E-state index in [1.165, 1.54) is 18.6 Å². The minimum absolute atomic E-state index is 0.0995. The van der Waals surface area contributed by atoms with Crippen LogP contribution in [-0.4, -0.2) is 20.3 Å². The highest BCUT2D eigenvalue weighted by molar-refractivity contribution is 8.00. The van der Waals surface area contributed by atoms with E-state index >= 15 is 0 Å². The summed E-state index contributed by atoms with van der Waals surface area (Å²) >= 11 is 1.99.